The van der Waals surface area contributed by atoms with Gasteiger partial charge in [-0.2, -0.15) is 13.2 Å². The van der Waals surface area contributed by atoms with Crippen molar-refractivity contribution in [2.24, 2.45) is 5.16 Å². The molecule has 172 valence electrons. The molecule has 1 atom stereocenters. The minimum absolute atomic E-state index is 0.256. The molecule has 0 aromatic heterocycles. The Morgan fingerprint density at radius 1 is 0.969 bits per heavy atom. The molecule has 0 aliphatic carbocycles. The van der Waals surface area contributed by atoms with Gasteiger partial charge >= 0.3 is 12.1 Å². The van der Waals surface area contributed by atoms with Crippen LogP contribution >= 0.6 is 0 Å². The van der Waals surface area contributed by atoms with Gasteiger partial charge in [-0.25, -0.2) is 4.79 Å². The Kier molecular flexibility index (Phi) is 8.69. The molecule has 0 aliphatic heterocycles. The first-order valence-electron chi connectivity index (χ1n) is 9.64. The number of hydrogen-bond donors (Lipinski definition) is 0. The third-order valence-electron chi connectivity index (χ3n) is 3.85. The van der Waals surface area contributed by atoms with Gasteiger partial charge in [0, 0.05) is 0 Å². The number of benzene rings is 2. The van der Waals surface area contributed by atoms with Crippen molar-refractivity contribution < 1.29 is 37.0 Å². The Labute approximate surface area is 184 Å². The van der Waals surface area contributed by atoms with Gasteiger partial charge in [0.15, 0.2) is 6.10 Å². The largest absolute Gasteiger partial charge is 0.479 e. The monoisotopic (exact) mass is 451 g/mol. The van der Waals surface area contributed by atoms with Crippen LogP contribution in [0.5, 0.6) is 17.2 Å². The number of alkyl halides is 3. The highest BCUT2D eigenvalue weighted by atomic mass is 19.4. The van der Waals surface area contributed by atoms with E-state index in [2.05, 4.69) is 5.16 Å². The van der Waals surface area contributed by atoms with E-state index >= 15 is 0 Å². The van der Waals surface area contributed by atoms with E-state index in [1.165, 1.54) is 19.1 Å². The van der Waals surface area contributed by atoms with Crippen molar-refractivity contribution in [3.63, 3.8) is 0 Å². The fourth-order valence-electron chi connectivity index (χ4n) is 2.46. The predicted octanol–water partition coefficient (Wildman–Crippen LogP) is 6.12. The summed E-state index contributed by atoms with van der Waals surface area (Å²) >= 11 is 0. The highest BCUT2D eigenvalue weighted by Gasteiger charge is 2.30. The Hall–Kier alpha value is -3.49. The molecule has 0 saturated carbocycles. The van der Waals surface area contributed by atoms with E-state index < -0.39 is 23.8 Å². The molecule has 0 amide bonds. The van der Waals surface area contributed by atoms with E-state index in [-0.39, 0.29) is 12.5 Å². The van der Waals surface area contributed by atoms with Crippen LogP contribution in [-0.4, -0.2) is 24.6 Å². The number of carbonyl (C=O) groups excluding carboxylic acids is 1. The van der Waals surface area contributed by atoms with E-state index in [1.54, 1.807) is 31.2 Å². The number of rotatable bonds is 9. The molecule has 0 fully saturated rings. The number of nitrogens with zero attached hydrogens (tertiary/aromatic N) is 1. The molecular weight excluding hydrogens is 427 g/mol. The van der Waals surface area contributed by atoms with Gasteiger partial charge in [0.25, 0.3) is 6.79 Å². The van der Waals surface area contributed by atoms with Gasteiger partial charge in [-0.15, -0.1) is 0 Å². The van der Waals surface area contributed by atoms with Crippen molar-refractivity contribution in [3.05, 3.63) is 65.7 Å². The highest BCUT2D eigenvalue weighted by molar-refractivity contribution is 5.92. The van der Waals surface area contributed by atoms with Crippen molar-refractivity contribution in [3.8, 4) is 17.2 Å². The summed E-state index contributed by atoms with van der Waals surface area (Å²) in [5, 5.41) is 3.79. The molecule has 6 nitrogen and oxygen atoms in total. The van der Waals surface area contributed by atoms with Crippen LogP contribution in [0, 0.1) is 0 Å². The summed E-state index contributed by atoms with van der Waals surface area (Å²) in [6, 6.07) is 10.6. The molecule has 0 spiro atoms. The van der Waals surface area contributed by atoms with Gasteiger partial charge < -0.3 is 19.0 Å². The number of hydrogen-bond acceptors (Lipinski definition) is 6. The molecule has 2 rings (SSSR count). The fraction of sp³-hybridized carbons (Fsp3) is 0.304. The zero-order valence-electron chi connectivity index (χ0n) is 18.1. The van der Waals surface area contributed by atoms with E-state index in [0.717, 1.165) is 17.7 Å². The summed E-state index contributed by atoms with van der Waals surface area (Å²) in [6.45, 7) is 6.77. The topological polar surface area (TPSA) is 66.4 Å². The number of halogens is 3. The zero-order chi connectivity index (χ0) is 23.7. The first kappa shape index (κ1) is 24.8. The average molecular weight is 451 g/mol. The molecule has 0 radical (unpaired) electrons. The molecule has 0 saturated heterocycles. The zero-order valence-corrected chi connectivity index (χ0v) is 18.1. The van der Waals surface area contributed by atoms with E-state index in [4.69, 9.17) is 19.0 Å². The lowest BCUT2D eigenvalue weighted by atomic mass is 10.2. The lowest BCUT2D eigenvalue weighted by Gasteiger charge is -2.14. The van der Waals surface area contributed by atoms with Gasteiger partial charge in [-0.1, -0.05) is 10.7 Å². The Morgan fingerprint density at radius 3 is 2.03 bits per heavy atom. The van der Waals surface area contributed by atoms with E-state index in [0.29, 0.717) is 17.2 Å². The van der Waals surface area contributed by atoms with Gasteiger partial charge in [-0.3, -0.25) is 0 Å². The number of oxime groups is 1. The second-order valence-corrected chi connectivity index (χ2v) is 7.02. The standard InChI is InChI=1S/C23H24F3NO5/c1-15(2)13-16(3)27-30-14-29-22(28)17(4)31-19-9-11-21(12-10-19)32-20-7-5-18(6-8-20)23(24,25)26/h5-13,17H,14H2,1-4H3. The third kappa shape index (κ3) is 8.33. The van der Waals surface area contributed by atoms with Crippen LogP contribution < -0.4 is 9.47 Å². The summed E-state index contributed by atoms with van der Waals surface area (Å²) in [5.41, 5.74) is 0.948. The van der Waals surface area contributed by atoms with Crippen molar-refractivity contribution in [1.29, 1.82) is 0 Å². The molecule has 0 aliphatic rings. The molecule has 0 N–H and O–H groups in total. The number of carbonyl (C=O) groups is 1. The van der Waals surface area contributed by atoms with Crippen LogP contribution in [0.15, 0.2) is 65.3 Å². The second-order valence-electron chi connectivity index (χ2n) is 7.02. The number of ether oxygens (including phenoxy) is 3. The van der Waals surface area contributed by atoms with Gasteiger partial charge in [-0.05, 0) is 82.3 Å². The molecule has 2 aromatic carbocycles. The van der Waals surface area contributed by atoms with Crippen molar-refractivity contribution in [1.82, 2.24) is 0 Å². The Morgan fingerprint density at radius 2 is 1.50 bits per heavy atom. The van der Waals surface area contributed by atoms with E-state index in [1.807, 2.05) is 19.9 Å². The molecule has 2 aromatic rings. The van der Waals surface area contributed by atoms with Crippen LogP contribution in [0.1, 0.15) is 33.3 Å². The van der Waals surface area contributed by atoms with Crippen LogP contribution in [0.2, 0.25) is 0 Å². The summed E-state index contributed by atoms with van der Waals surface area (Å²) in [5.74, 6) is 0.397. The number of esters is 1. The minimum atomic E-state index is -4.40. The third-order valence-corrected chi connectivity index (χ3v) is 3.85. The molecule has 0 bridgehead atoms. The molecule has 1 unspecified atom stereocenters. The number of allylic oxidation sites excluding steroid dienone is 2. The van der Waals surface area contributed by atoms with Crippen molar-refractivity contribution in [2.45, 2.75) is 40.0 Å². The fourth-order valence-corrected chi connectivity index (χ4v) is 2.46. The van der Waals surface area contributed by atoms with E-state index in [9.17, 15) is 18.0 Å². The SMILES string of the molecule is CC(C)=CC(C)=NOCOC(=O)C(C)Oc1ccc(Oc2ccc(C(F)(F)F)cc2)cc1. The maximum Gasteiger partial charge on any atom is 0.416 e. The quantitative estimate of drug-likeness (QED) is 0.151. The molecule has 0 heterocycles. The van der Waals surface area contributed by atoms with Crippen molar-refractivity contribution >= 4 is 11.7 Å². The molecular formula is C23H24F3NO5. The molecule has 32 heavy (non-hydrogen) atoms. The molecule has 9 heteroatoms. The van der Waals surface area contributed by atoms with Gasteiger partial charge in [0.1, 0.15) is 17.2 Å². The normalized spacial score (nSPS) is 12.5. The first-order chi connectivity index (χ1) is 15.0. The minimum Gasteiger partial charge on any atom is -0.479 e. The second kappa shape index (κ2) is 11.2. The summed E-state index contributed by atoms with van der Waals surface area (Å²) < 4.78 is 53.8. The summed E-state index contributed by atoms with van der Waals surface area (Å²) in [4.78, 5) is 16.9. The smallest absolute Gasteiger partial charge is 0.416 e. The summed E-state index contributed by atoms with van der Waals surface area (Å²) in [6.07, 6.45) is -3.49. The van der Waals surface area contributed by atoms with Crippen molar-refractivity contribution in [2.75, 3.05) is 6.79 Å². The van der Waals surface area contributed by atoms with Gasteiger partial charge in [0.05, 0.1) is 11.3 Å². The predicted molar refractivity (Wildman–Crippen MR) is 113 cm³/mol. The van der Waals surface area contributed by atoms with Crippen LogP contribution in [-0.2, 0) is 20.5 Å². The van der Waals surface area contributed by atoms with Gasteiger partial charge in [0.2, 0.25) is 0 Å². The Bertz CT molecular complexity index is 947. The highest BCUT2D eigenvalue weighted by Crippen LogP contribution is 2.31. The lowest BCUT2D eigenvalue weighted by Crippen LogP contribution is -2.26. The maximum atomic E-state index is 12.6. The van der Waals surface area contributed by atoms with Crippen LogP contribution in [0.25, 0.3) is 0 Å². The first-order valence-corrected chi connectivity index (χ1v) is 9.64. The average Bonchev–Trinajstić information content (AvgIpc) is 2.71. The maximum absolute atomic E-state index is 12.6. The van der Waals surface area contributed by atoms with Crippen LogP contribution in [0.4, 0.5) is 13.2 Å². The summed E-state index contributed by atoms with van der Waals surface area (Å²) in [7, 11) is 0. The lowest BCUT2D eigenvalue weighted by molar-refractivity contribution is -0.163. The Balaban J connectivity index is 1.82. The van der Waals surface area contributed by atoms with Crippen LogP contribution in [0.3, 0.4) is 0 Å².